The molecule has 0 spiro atoms. The minimum atomic E-state index is -0.245. The van der Waals surface area contributed by atoms with E-state index in [-0.39, 0.29) is 5.91 Å². The molecule has 0 saturated heterocycles. The summed E-state index contributed by atoms with van der Waals surface area (Å²) in [6, 6.07) is 15.5. The molecule has 1 aromatic heterocycles. The lowest BCUT2D eigenvalue weighted by atomic mass is 10.2. The quantitative estimate of drug-likeness (QED) is 0.615. The van der Waals surface area contributed by atoms with Crippen LogP contribution in [0.3, 0.4) is 0 Å². The van der Waals surface area contributed by atoms with Gasteiger partial charge in [-0.1, -0.05) is 23.2 Å². The van der Waals surface area contributed by atoms with Crippen LogP contribution in [0.15, 0.2) is 60.8 Å². The number of rotatable bonds is 5. The molecule has 3 aromatic rings. The van der Waals surface area contributed by atoms with Gasteiger partial charge in [0.1, 0.15) is 11.6 Å². The number of halogens is 2. The second-order valence-electron chi connectivity index (χ2n) is 5.37. The van der Waals surface area contributed by atoms with Gasteiger partial charge in [-0.25, -0.2) is 4.98 Å². The molecule has 132 valence electrons. The number of hydrogen-bond acceptors (Lipinski definition) is 4. The minimum absolute atomic E-state index is 0.245. The van der Waals surface area contributed by atoms with Crippen molar-refractivity contribution in [2.45, 2.75) is 0 Å². The molecule has 0 aliphatic heterocycles. The van der Waals surface area contributed by atoms with E-state index in [1.165, 1.54) is 0 Å². The predicted octanol–water partition coefficient (Wildman–Crippen LogP) is 5.39. The summed E-state index contributed by atoms with van der Waals surface area (Å²) in [4.78, 5) is 16.6. The summed E-state index contributed by atoms with van der Waals surface area (Å²) in [5, 5.41) is 7.01. The number of pyridine rings is 1. The van der Waals surface area contributed by atoms with Crippen LogP contribution in [-0.2, 0) is 0 Å². The third kappa shape index (κ3) is 4.45. The van der Waals surface area contributed by atoms with Crippen LogP contribution < -0.4 is 15.4 Å². The minimum Gasteiger partial charge on any atom is -0.495 e. The Morgan fingerprint density at radius 2 is 1.73 bits per heavy atom. The van der Waals surface area contributed by atoms with Crippen LogP contribution in [0.4, 0.5) is 17.2 Å². The maximum Gasteiger partial charge on any atom is 0.255 e. The van der Waals surface area contributed by atoms with Gasteiger partial charge in [-0.05, 0) is 54.6 Å². The van der Waals surface area contributed by atoms with Gasteiger partial charge in [0.25, 0.3) is 5.91 Å². The zero-order valence-corrected chi connectivity index (χ0v) is 15.3. The molecule has 0 aliphatic rings. The Kier molecular flexibility index (Phi) is 5.61. The summed E-state index contributed by atoms with van der Waals surface area (Å²) in [5.41, 5.74) is 1.86. The molecule has 2 aromatic carbocycles. The molecule has 2 N–H and O–H groups in total. The summed E-state index contributed by atoms with van der Waals surface area (Å²) in [6.45, 7) is 0. The lowest BCUT2D eigenvalue weighted by molar-refractivity contribution is 0.102. The highest BCUT2D eigenvalue weighted by Crippen LogP contribution is 2.28. The number of carbonyl (C=O) groups is 1. The first kappa shape index (κ1) is 18.0. The number of carbonyl (C=O) groups excluding carboxylic acids is 1. The lowest BCUT2D eigenvalue weighted by Gasteiger charge is -2.10. The Hall–Kier alpha value is -2.76. The van der Waals surface area contributed by atoms with Crippen molar-refractivity contribution in [2.24, 2.45) is 0 Å². The Labute approximate surface area is 160 Å². The number of aromatic nitrogens is 1. The first-order valence-electron chi connectivity index (χ1n) is 7.69. The molecule has 0 fully saturated rings. The van der Waals surface area contributed by atoms with Gasteiger partial charge in [0, 0.05) is 28.2 Å². The van der Waals surface area contributed by atoms with Crippen LogP contribution in [0.2, 0.25) is 10.0 Å². The summed E-state index contributed by atoms with van der Waals surface area (Å²) in [7, 11) is 1.55. The maximum absolute atomic E-state index is 12.4. The molecule has 0 bridgehead atoms. The Morgan fingerprint density at radius 3 is 2.42 bits per heavy atom. The van der Waals surface area contributed by atoms with Crippen molar-refractivity contribution < 1.29 is 9.53 Å². The van der Waals surface area contributed by atoms with Crippen molar-refractivity contribution >= 4 is 46.3 Å². The summed E-state index contributed by atoms with van der Waals surface area (Å²) in [6.07, 6.45) is 1.56. The summed E-state index contributed by atoms with van der Waals surface area (Å²) < 4.78 is 5.13. The van der Waals surface area contributed by atoms with Crippen molar-refractivity contribution in [3.63, 3.8) is 0 Å². The Balaban J connectivity index is 1.74. The molecule has 5 nitrogen and oxygen atoms in total. The van der Waals surface area contributed by atoms with E-state index in [2.05, 4.69) is 15.6 Å². The first-order chi connectivity index (χ1) is 12.5. The molecule has 1 amide bonds. The molecule has 0 aliphatic carbocycles. The van der Waals surface area contributed by atoms with Crippen molar-refractivity contribution in [1.29, 1.82) is 0 Å². The van der Waals surface area contributed by atoms with Crippen LogP contribution in [0.1, 0.15) is 10.4 Å². The zero-order chi connectivity index (χ0) is 18.5. The molecular weight excluding hydrogens is 373 g/mol. The van der Waals surface area contributed by atoms with Crippen molar-refractivity contribution in [2.75, 3.05) is 17.7 Å². The second-order valence-corrected chi connectivity index (χ2v) is 6.21. The standard InChI is InChI=1S/C19H15Cl2N3O2/c1-26-17-7-6-15(11-16(17)21)23-18-10-12(8-9-22-18)19(25)24-14-4-2-13(20)3-5-14/h2-11H,1H3,(H,22,23)(H,24,25). The van der Waals surface area contributed by atoms with Gasteiger partial charge in [0.05, 0.1) is 12.1 Å². The van der Waals surface area contributed by atoms with Crippen LogP contribution in [0, 0.1) is 0 Å². The smallest absolute Gasteiger partial charge is 0.255 e. The van der Waals surface area contributed by atoms with E-state index in [0.29, 0.717) is 32.9 Å². The molecule has 3 rings (SSSR count). The van der Waals surface area contributed by atoms with Gasteiger partial charge in [0.2, 0.25) is 0 Å². The number of benzene rings is 2. The molecule has 0 saturated carbocycles. The summed E-state index contributed by atoms with van der Waals surface area (Å²) in [5.74, 6) is 0.863. The second kappa shape index (κ2) is 8.08. The van der Waals surface area contributed by atoms with Gasteiger partial charge in [0.15, 0.2) is 0 Å². The van der Waals surface area contributed by atoms with Gasteiger partial charge < -0.3 is 15.4 Å². The van der Waals surface area contributed by atoms with Crippen LogP contribution in [0.5, 0.6) is 5.75 Å². The number of nitrogens with zero attached hydrogens (tertiary/aromatic N) is 1. The van der Waals surface area contributed by atoms with Gasteiger partial charge in [-0.3, -0.25) is 4.79 Å². The number of anilines is 3. The maximum atomic E-state index is 12.4. The monoisotopic (exact) mass is 387 g/mol. The van der Waals surface area contributed by atoms with E-state index in [1.54, 1.807) is 61.8 Å². The van der Waals surface area contributed by atoms with Crippen LogP contribution in [0.25, 0.3) is 0 Å². The molecule has 0 radical (unpaired) electrons. The van der Waals surface area contributed by atoms with E-state index < -0.39 is 0 Å². The van der Waals surface area contributed by atoms with Crippen molar-refractivity contribution in [1.82, 2.24) is 4.98 Å². The third-order valence-electron chi connectivity index (χ3n) is 3.55. The van der Waals surface area contributed by atoms with Gasteiger partial charge >= 0.3 is 0 Å². The van der Waals surface area contributed by atoms with Gasteiger partial charge in [-0.2, -0.15) is 0 Å². The SMILES string of the molecule is COc1ccc(Nc2cc(C(=O)Nc3ccc(Cl)cc3)ccn2)cc1Cl. The van der Waals surface area contributed by atoms with Crippen LogP contribution in [-0.4, -0.2) is 18.0 Å². The highest BCUT2D eigenvalue weighted by atomic mass is 35.5. The number of nitrogens with one attached hydrogen (secondary N) is 2. The fraction of sp³-hybridized carbons (Fsp3) is 0.0526. The number of hydrogen-bond donors (Lipinski definition) is 2. The predicted molar refractivity (Wildman–Crippen MR) is 105 cm³/mol. The van der Waals surface area contributed by atoms with E-state index in [9.17, 15) is 4.79 Å². The van der Waals surface area contributed by atoms with E-state index in [0.717, 1.165) is 5.69 Å². The fourth-order valence-corrected chi connectivity index (χ4v) is 2.65. The molecule has 26 heavy (non-hydrogen) atoms. The number of ether oxygens (including phenoxy) is 1. The average molecular weight is 388 g/mol. The Bertz CT molecular complexity index is 930. The van der Waals surface area contributed by atoms with E-state index in [4.69, 9.17) is 27.9 Å². The lowest BCUT2D eigenvalue weighted by Crippen LogP contribution is -2.12. The number of methoxy groups -OCH3 is 1. The highest BCUT2D eigenvalue weighted by Gasteiger charge is 2.09. The highest BCUT2D eigenvalue weighted by molar-refractivity contribution is 6.32. The molecular formula is C19H15Cl2N3O2. The van der Waals surface area contributed by atoms with E-state index in [1.807, 2.05) is 6.07 Å². The van der Waals surface area contributed by atoms with Crippen molar-refractivity contribution in [3.8, 4) is 5.75 Å². The number of amides is 1. The molecule has 0 unspecified atom stereocenters. The first-order valence-corrected chi connectivity index (χ1v) is 8.44. The Morgan fingerprint density at radius 1 is 1.00 bits per heavy atom. The molecule has 0 atom stereocenters. The zero-order valence-electron chi connectivity index (χ0n) is 13.8. The largest absolute Gasteiger partial charge is 0.495 e. The average Bonchev–Trinajstić information content (AvgIpc) is 2.64. The molecule has 7 heteroatoms. The van der Waals surface area contributed by atoms with Crippen molar-refractivity contribution in [3.05, 3.63) is 76.4 Å². The molecule has 1 heterocycles. The summed E-state index contributed by atoms with van der Waals surface area (Å²) >= 11 is 12.0. The normalized spacial score (nSPS) is 10.3. The topological polar surface area (TPSA) is 63.2 Å². The fourth-order valence-electron chi connectivity index (χ4n) is 2.27. The van der Waals surface area contributed by atoms with E-state index >= 15 is 0 Å². The van der Waals surface area contributed by atoms with Crippen LogP contribution >= 0.6 is 23.2 Å². The third-order valence-corrected chi connectivity index (χ3v) is 4.10. The van der Waals surface area contributed by atoms with Gasteiger partial charge in [-0.15, -0.1) is 0 Å².